The first-order valence-corrected chi connectivity index (χ1v) is 8.84. The number of aromatic nitrogens is 3. The number of nitro groups is 1. The van der Waals surface area contributed by atoms with E-state index in [9.17, 15) is 28.1 Å². The third kappa shape index (κ3) is 4.10. The predicted molar refractivity (Wildman–Crippen MR) is 102 cm³/mol. The van der Waals surface area contributed by atoms with Crippen LogP contribution in [0.25, 0.3) is 5.69 Å². The van der Waals surface area contributed by atoms with Crippen molar-refractivity contribution in [3.05, 3.63) is 75.2 Å². The molecule has 1 amide bonds. The topological polar surface area (TPSA) is 94.2 Å². The van der Waals surface area contributed by atoms with E-state index in [0.29, 0.717) is 9.70 Å². The van der Waals surface area contributed by atoms with Gasteiger partial charge in [-0.1, -0.05) is 11.6 Å². The first kappa shape index (κ1) is 21.2. The zero-order valence-corrected chi connectivity index (χ0v) is 16.1. The van der Waals surface area contributed by atoms with Gasteiger partial charge in [0.15, 0.2) is 5.69 Å². The number of halogens is 4. The Morgan fingerprint density at radius 3 is 2.37 bits per heavy atom. The van der Waals surface area contributed by atoms with Gasteiger partial charge in [-0.3, -0.25) is 19.8 Å². The number of nitrogens with zero attached hydrogens (tertiary/aromatic N) is 5. The van der Waals surface area contributed by atoms with Crippen LogP contribution in [0.15, 0.2) is 48.8 Å². The standard InChI is InChI=1S/C18H13ClF3N5O3/c1-2-25(15-8-7-13(9-23-15)27(29)30)17(28)14-10-24-26(16(14)18(20,21)22)12-5-3-11(19)4-6-12/h3-10H,2H2,1H3. The molecule has 0 atom stereocenters. The molecule has 0 bridgehead atoms. The lowest BCUT2D eigenvalue weighted by Gasteiger charge is -2.20. The summed E-state index contributed by atoms with van der Waals surface area (Å²) in [5.41, 5.74) is -2.18. The third-order valence-electron chi connectivity index (χ3n) is 4.12. The Hall–Kier alpha value is -3.47. The van der Waals surface area contributed by atoms with Crippen molar-refractivity contribution in [2.24, 2.45) is 0 Å². The monoisotopic (exact) mass is 439 g/mol. The Kier molecular flexibility index (Phi) is 5.74. The molecule has 0 aliphatic heterocycles. The van der Waals surface area contributed by atoms with Crippen LogP contribution in [-0.4, -0.2) is 32.1 Å². The number of benzene rings is 1. The van der Waals surface area contributed by atoms with E-state index in [4.69, 9.17) is 11.6 Å². The molecule has 2 aromatic heterocycles. The number of anilines is 1. The fourth-order valence-electron chi connectivity index (χ4n) is 2.76. The van der Waals surface area contributed by atoms with Crippen molar-refractivity contribution in [3.63, 3.8) is 0 Å². The molecule has 1 aromatic carbocycles. The number of hydrogen-bond acceptors (Lipinski definition) is 5. The zero-order chi connectivity index (χ0) is 22.1. The second-order valence-corrected chi connectivity index (χ2v) is 6.41. The molecule has 0 fully saturated rings. The molecule has 12 heteroatoms. The van der Waals surface area contributed by atoms with Gasteiger partial charge in [-0.05, 0) is 37.3 Å². The molecule has 0 spiro atoms. The van der Waals surface area contributed by atoms with Gasteiger partial charge >= 0.3 is 6.18 Å². The largest absolute Gasteiger partial charge is 0.434 e. The Labute approximate surface area is 172 Å². The lowest BCUT2D eigenvalue weighted by Crippen LogP contribution is -2.33. The summed E-state index contributed by atoms with van der Waals surface area (Å²) in [6.07, 6.45) is -3.13. The van der Waals surface area contributed by atoms with E-state index >= 15 is 0 Å². The highest BCUT2D eigenvalue weighted by Gasteiger charge is 2.41. The first-order valence-electron chi connectivity index (χ1n) is 8.47. The fraction of sp³-hybridized carbons (Fsp3) is 0.167. The van der Waals surface area contributed by atoms with Gasteiger partial charge in [0, 0.05) is 17.6 Å². The lowest BCUT2D eigenvalue weighted by molar-refractivity contribution is -0.385. The summed E-state index contributed by atoms with van der Waals surface area (Å²) in [7, 11) is 0. The van der Waals surface area contributed by atoms with E-state index in [1.54, 1.807) is 0 Å². The molecular formula is C18H13ClF3N5O3. The van der Waals surface area contributed by atoms with Crippen LogP contribution in [0, 0.1) is 10.1 Å². The number of pyridine rings is 1. The molecule has 0 unspecified atom stereocenters. The molecule has 3 rings (SSSR count). The van der Waals surface area contributed by atoms with Crippen molar-refractivity contribution in [2.45, 2.75) is 13.1 Å². The summed E-state index contributed by atoms with van der Waals surface area (Å²) >= 11 is 5.78. The van der Waals surface area contributed by atoms with Crippen LogP contribution in [0.2, 0.25) is 5.02 Å². The average Bonchev–Trinajstić information content (AvgIpc) is 3.15. The van der Waals surface area contributed by atoms with Crippen LogP contribution in [0.5, 0.6) is 0 Å². The Morgan fingerprint density at radius 2 is 1.87 bits per heavy atom. The van der Waals surface area contributed by atoms with Gasteiger partial charge in [-0.2, -0.15) is 18.3 Å². The summed E-state index contributed by atoms with van der Waals surface area (Å²) in [6, 6.07) is 7.79. The maximum absolute atomic E-state index is 13.8. The highest BCUT2D eigenvalue weighted by molar-refractivity contribution is 6.30. The van der Waals surface area contributed by atoms with Gasteiger partial charge in [0.25, 0.3) is 11.6 Å². The predicted octanol–water partition coefficient (Wildman–Crippen LogP) is 4.51. The number of carbonyl (C=O) groups is 1. The Morgan fingerprint density at radius 1 is 1.20 bits per heavy atom. The third-order valence-corrected chi connectivity index (χ3v) is 4.37. The minimum Gasteiger partial charge on any atom is -0.293 e. The smallest absolute Gasteiger partial charge is 0.293 e. The van der Waals surface area contributed by atoms with E-state index in [1.165, 1.54) is 37.3 Å². The Bertz CT molecular complexity index is 1080. The van der Waals surface area contributed by atoms with Crippen LogP contribution in [0.1, 0.15) is 23.0 Å². The van der Waals surface area contributed by atoms with Gasteiger partial charge < -0.3 is 0 Å². The van der Waals surface area contributed by atoms with Crippen LogP contribution in [0.4, 0.5) is 24.7 Å². The SMILES string of the molecule is CCN(C(=O)c1cnn(-c2ccc(Cl)cc2)c1C(F)(F)F)c1ccc([N+](=O)[O-])cn1. The molecule has 0 N–H and O–H groups in total. The molecule has 0 radical (unpaired) electrons. The van der Waals surface area contributed by atoms with Crippen molar-refractivity contribution in [2.75, 3.05) is 11.4 Å². The summed E-state index contributed by atoms with van der Waals surface area (Å²) in [5.74, 6) is -1.02. The first-order chi connectivity index (χ1) is 14.1. The van der Waals surface area contributed by atoms with Gasteiger partial charge in [-0.15, -0.1) is 0 Å². The number of amides is 1. The summed E-state index contributed by atoms with van der Waals surface area (Å²) in [5, 5.41) is 14.8. The molecule has 0 aliphatic carbocycles. The molecule has 0 saturated heterocycles. The molecule has 3 aromatic rings. The second kappa shape index (κ2) is 8.11. The minimum absolute atomic E-state index is 0.0208. The highest BCUT2D eigenvalue weighted by atomic mass is 35.5. The van der Waals surface area contributed by atoms with Crippen molar-refractivity contribution >= 4 is 29.0 Å². The zero-order valence-electron chi connectivity index (χ0n) is 15.3. The van der Waals surface area contributed by atoms with Crippen molar-refractivity contribution in [3.8, 4) is 5.69 Å². The van der Waals surface area contributed by atoms with Crippen LogP contribution >= 0.6 is 11.6 Å². The molecule has 8 nitrogen and oxygen atoms in total. The van der Waals surface area contributed by atoms with Gasteiger partial charge in [-0.25, -0.2) is 9.67 Å². The summed E-state index contributed by atoms with van der Waals surface area (Å²) < 4.78 is 42.1. The van der Waals surface area contributed by atoms with Crippen LogP contribution < -0.4 is 4.90 Å². The maximum Gasteiger partial charge on any atom is 0.434 e. The van der Waals surface area contributed by atoms with E-state index in [-0.39, 0.29) is 23.7 Å². The minimum atomic E-state index is -4.89. The maximum atomic E-state index is 13.8. The summed E-state index contributed by atoms with van der Waals surface area (Å²) in [6.45, 7) is 1.52. The number of hydrogen-bond donors (Lipinski definition) is 0. The van der Waals surface area contributed by atoms with Crippen molar-refractivity contribution in [1.29, 1.82) is 0 Å². The van der Waals surface area contributed by atoms with E-state index in [2.05, 4.69) is 10.1 Å². The number of carbonyl (C=O) groups excluding carboxylic acids is 1. The molecule has 0 aliphatic rings. The number of alkyl halides is 3. The molecule has 156 valence electrons. The highest BCUT2D eigenvalue weighted by Crippen LogP contribution is 2.35. The van der Waals surface area contributed by atoms with Gasteiger partial charge in [0.1, 0.15) is 12.0 Å². The second-order valence-electron chi connectivity index (χ2n) is 5.97. The van der Waals surface area contributed by atoms with Gasteiger partial charge in [0.05, 0.1) is 22.4 Å². The van der Waals surface area contributed by atoms with Crippen molar-refractivity contribution < 1.29 is 22.9 Å². The summed E-state index contributed by atoms with van der Waals surface area (Å²) in [4.78, 5) is 27.8. The van der Waals surface area contributed by atoms with Crippen LogP contribution in [0.3, 0.4) is 0 Å². The van der Waals surface area contributed by atoms with Crippen LogP contribution in [-0.2, 0) is 6.18 Å². The van der Waals surface area contributed by atoms with E-state index < -0.39 is 28.3 Å². The quantitative estimate of drug-likeness (QED) is 0.430. The molecule has 0 saturated carbocycles. The molecule has 30 heavy (non-hydrogen) atoms. The van der Waals surface area contributed by atoms with E-state index in [0.717, 1.165) is 23.4 Å². The Balaban J connectivity index is 2.06. The lowest BCUT2D eigenvalue weighted by atomic mass is 10.2. The normalized spacial score (nSPS) is 11.4. The van der Waals surface area contributed by atoms with Gasteiger partial charge in [0.2, 0.25) is 0 Å². The molecular weight excluding hydrogens is 427 g/mol. The molecule has 2 heterocycles. The van der Waals surface area contributed by atoms with E-state index in [1.807, 2.05) is 0 Å². The fourth-order valence-corrected chi connectivity index (χ4v) is 2.88. The number of rotatable bonds is 5. The average molecular weight is 440 g/mol. The van der Waals surface area contributed by atoms with Crippen molar-refractivity contribution in [1.82, 2.24) is 14.8 Å².